The molecule has 3 rings (SSSR count). The minimum absolute atomic E-state index is 0.606. The Labute approximate surface area is 133 Å². The second kappa shape index (κ2) is 7.62. The molecule has 5 heteroatoms. The summed E-state index contributed by atoms with van der Waals surface area (Å²) in [5.74, 6) is 0. The normalized spacial score (nSPS) is 9.62. The highest BCUT2D eigenvalue weighted by Gasteiger charge is 1.94. The smallest absolute Gasteiger partial charge is 0.138 e. The van der Waals surface area contributed by atoms with E-state index in [1.807, 2.05) is 42.5 Å². The van der Waals surface area contributed by atoms with Gasteiger partial charge in [0.25, 0.3) is 0 Å². The van der Waals surface area contributed by atoms with Crippen molar-refractivity contribution in [2.45, 2.75) is 0 Å². The Hall–Kier alpha value is -2.10. The molecule has 0 aliphatic heterocycles. The van der Waals surface area contributed by atoms with E-state index in [-0.39, 0.29) is 0 Å². The van der Waals surface area contributed by atoms with Gasteiger partial charge in [-0.1, -0.05) is 60.1 Å². The van der Waals surface area contributed by atoms with Gasteiger partial charge in [0.15, 0.2) is 0 Å². The fourth-order valence-corrected chi connectivity index (χ4v) is 1.82. The molecule has 0 saturated heterocycles. The summed E-state index contributed by atoms with van der Waals surface area (Å²) in [5.41, 5.74) is 2.10. The van der Waals surface area contributed by atoms with E-state index in [1.54, 1.807) is 23.1 Å². The van der Waals surface area contributed by atoms with Gasteiger partial charge in [-0.15, -0.1) is 0 Å². The van der Waals surface area contributed by atoms with Crippen molar-refractivity contribution < 1.29 is 0 Å². The molecule has 0 radical (unpaired) electrons. The minimum Gasteiger partial charge on any atom is -0.223 e. The maximum absolute atomic E-state index is 5.58. The van der Waals surface area contributed by atoms with Crippen LogP contribution in [0.5, 0.6) is 0 Å². The van der Waals surface area contributed by atoms with Crippen LogP contribution in [0.2, 0.25) is 10.0 Å². The molecule has 0 aliphatic rings. The first-order valence-corrected chi connectivity index (χ1v) is 6.94. The number of benzene rings is 2. The summed E-state index contributed by atoms with van der Waals surface area (Å²) in [7, 11) is 0. The van der Waals surface area contributed by atoms with Crippen molar-refractivity contribution in [2.75, 3.05) is 0 Å². The Kier molecular flexibility index (Phi) is 5.55. The molecule has 0 bridgehead atoms. The first kappa shape index (κ1) is 15.3. The molecule has 21 heavy (non-hydrogen) atoms. The predicted octanol–water partition coefficient (Wildman–Crippen LogP) is 4.90. The van der Waals surface area contributed by atoms with E-state index >= 15 is 0 Å². The van der Waals surface area contributed by atoms with E-state index in [1.165, 1.54) is 6.33 Å². The average molecular weight is 318 g/mol. The van der Waals surface area contributed by atoms with E-state index in [2.05, 4.69) is 16.7 Å². The van der Waals surface area contributed by atoms with Crippen LogP contribution in [-0.2, 0) is 0 Å². The summed E-state index contributed by atoms with van der Waals surface area (Å²) in [6, 6.07) is 15.1. The van der Waals surface area contributed by atoms with Crippen molar-refractivity contribution >= 4 is 29.3 Å². The number of hydrogen-bond acceptors (Lipinski definition) is 2. The first-order valence-electron chi connectivity index (χ1n) is 6.18. The highest BCUT2D eigenvalue weighted by Crippen LogP contribution is 2.19. The van der Waals surface area contributed by atoms with Crippen LogP contribution in [0.25, 0.3) is 11.8 Å². The fourth-order valence-electron chi connectivity index (χ4n) is 1.54. The molecule has 3 nitrogen and oxygen atoms in total. The Morgan fingerprint density at radius 2 is 1.57 bits per heavy atom. The second-order valence-corrected chi connectivity index (χ2v) is 4.86. The summed E-state index contributed by atoms with van der Waals surface area (Å²) >= 11 is 11.2. The Bertz CT molecular complexity index is 671. The minimum atomic E-state index is 0.606. The van der Waals surface area contributed by atoms with Crippen LogP contribution >= 0.6 is 23.2 Å². The van der Waals surface area contributed by atoms with Crippen molar-refractivity contribution in [1.82, 2.24) is 14.8 Å². The standard InChI is InChI=1S/C10H9N3.C6H4Cl2/c1-2-9-3-5-10(6-4-9)13-8-11-7-12-13;7-5-3-1-2-4-6(5)8/h2-8H,1H2;1-4H. The van der Waals surface area contributed by atoms with E-state index in [9.17, 15) is 0 Å². The molecule has 1 heterocycles. The number of aromatic nitrogens is 3. The summed E-state index contributed by atoms with van der Waals surface area (Å²) in [4.78, 5) is 3.87. The molecule has 0 spiro atoms. The van der Waals surface area contributed by atoms with Crippen LogP contribution in [-0.4, -0.2) is 14.8 Å². The Balaban J connectivity index is 0.000000173. The molecule has 0 fully saturated rings. The molecular formula is C16H13Cl2N3. The zero-order chi connectivity index (χ0) is 15.1. The second-order valence-electron chi connectivity index (χ2n) is 4.05. The zero-order valence-electron chi connectivity index (χ0n) is 11.2. The summed E-state index contributed by atoms with van der Waals surface area (Å²) < 4.78 is 1.72. The lowest BCUT2D eigenvalue weighted by molar-refractivity contribution is 0.879. The van der Waals surface area contributed by atoms with E-state index < -0.39 is 0 Å². The van der Waals surface area contributed by atoms with E-state index in [4.69, 9.17) is 23.2 Å². The van der Waals surface area contributed by atoms with Crippen molar-refractivity contribution in [2.24, 2.45) is 0 Å². The van der Waals surface area contributed by atoms with Gasteiger partial charge in [-0.25, -0.2) is 9.67 Å². The van der Waals surface area contributed by atoms with E-state index in [0.717, 1.165) is 11.3 Å². The SMILES string of the molecule is C=Cc1ccc(-n2cncn2)cc1.Clc1ccccc1Cl. The number of hydrogen-bond donors (Lipinski definition) is 0. The van der Waals surface area contributed by atoms with Crippen LogP contribution in [0.15, 0.2) is 67.8 Å². The van der Waals surface area contributed by atoms with Crippen molar-refractivity contribution in [3.05, 3.63) is 83.4 Å². The Morgan fingerprint density at radius 1 is 0.952 bits per heavy atom. The van der Waals surface area contributed by atoms with Crippen LogP contribution in [0.3, 0.4) is 0 Å². The largest absolute Gasteiger partial charge is 0.223 e. The predicted molar refractivity (Wildman–Crippen MR) is 87.9 cm³/mol. The van der Waals surface area contributed by atoms with Gasteiger partial charge in [0.1, 0.15) is 12.7 Å². The monoisotopic (exact) mass is 317 g/mol. The maximum atomic E-state index is 5.58. The highest BCUT2D eigenvalue weighted by molar-refractivity contribution is 6.41. The molecular weight excluding hydrogens is 305 g/mol. The van der Waals surface area contributed by atoms with Gasteiger partial charge in [-0.3, -0.25) is 0 Å². The highest BCUT2D eigenvalue weighted by atomic mass is 35.5. The zero-order valence-corrected chi connectivity index (χ0v) is 12.7. The quantitative estimate of drug-likeness (QED) is 0.672. The van der Waals surface area contributed by atoms with Crippen molar-refractivity contribution in [1.29, 1.82) is 0 Å². The van der Waals surface area contributed by atoms with Crippen LogP contribution in [0.1, 0.15) is 5.56 Å². The molecule has 106 valence electrons. The van der Waals surface area contributed by atoms with Crippen LogP contribution in [0.4, 0.5) is 0 Å². The molecule has 0 amide bonds. The lowest BCUT2D eigenvalue weighted by Crippen LogP contribution is -1.93. The molecule has 0 unspecified atom stereocenters. The average Bonchev–Trinajstić information content (AvgIpc) is 3.05. The lowest BCUT2D eigenvalue weighted by Gasteiger charge is -1.99. The number of rotatable bonds is 2. The summed E-state index contributed by atoms with van der Waals surface area (Å²) in [5, 5.41) is 5.23. The summed E-state index contributed by atoms with van der Waals surface area (Å²) in [6.07, 6.45) is 5.00. The van der Waals surface area contributed by atoms with Gasteiger partial charge in [0.05, 0.1) is 15.7 Å². The van der Waals surface area contributed by atoms with Gasteiger partial charge < -0.3 is 0 Å². The van der Waals surface area contributed by atoms with Gasteiger partial charge >= 0.3 is 0 Å². The number of nitrogens with zero attached hydrogens (tertiary/aromatic N) is 3. The molecule has 3 aromatic rings. The third-order valence-electron chi connectivity index (χ3n) is 2.64. The third-order valence-corrected chi connectivity index (χ3v) is 3.39. The molecule has 0 N–H and O–H groups in total. The van der Waals surface area contributed by atoms with Crippen molar-refractivity contribution in [3.63, 3.8) is 0 Å². The van der Waals surface area contributed by atoms with Crippen LogP contribution < -0.4 is 0 Å². The molecule has 1 aromatic heterocycles. The fraction of sp³-hybridized carbons (Fsp3) is 0. The van der Waals surface area contributed by atoms with Crippen LogP contribution in [0, 0.1) is 0 Å². The lowest BCUT2D eigenvalue weighted by atomic mass is 10.2. The molecule has 2 aromatic carbocycles. The van der Waals surface area contributed by atoms with E-state index in [0.29, 0.717) is 10.0 Å². The van der Waals surface area contributed by atoms with Gasteiger partial charge in [-0.2, -0.15) is 5.10 Å². The molecule has 0 saturated carbocycles. The van der Waals surface area contributed by atoms with Gasteiger partial charge in [0, 0.05) is 0 Å². The van der Waals surface area contributed by atoms with Crippen molar-refractivity contribution in [3.8, 4) is 5.69 Å². The first-order chi connectivity index (χ1) is 10.2. The topological polar surface area (TPSA) is 30.7 Å². The van der Waals surface area contributed by atoms with Gasteiger partial charge in [0.2, 0.25) is 0 Å². The Morgan fingerprint density at radius 3 is 2.00 bits per heavy atom. The number of halogens is 2. The maximum Gasteiger partial charge on any atom is 0.138 e. The molecule has 0 aliphatic carbocycles. The summed E-state index contributed by atoms with van der Waals surface area (Å²) in [6.45, 7) is 3.69. The third kappa shape index (κ3) is 4.45. The van der Waals surface area contributed by atoms with Gasteiger partial charge in [-0.05, 0) is 29.8 Å². The molecule has 0 atom stereocenters.